The number of rotatable bonds is 4. The summed E-state index contributed by atoms with van der Waals surface area (Å²) in [5, 5.41) is 2.71. The van der Waals surface area contributed by atoms with Crippen LogP contribution in [0.1, 0.15) is 16.7 Å². The van der Waals surface area contributed by atoms with Crippen LogP contribution in [-0.2, 0) is 22.4 Å². The first-order valence-corrected chi connectivity index (χ1v) is 12.3. The predicted molar refractivity (Wildman–Crippen MR) is 132 cm³/mol. The standard InChI is InChI=1S/C26H21F4N3O3S/c1-36-20-9-10-22-21(14-20)25(23(34)32(22)15-16-3-2-4-17(13-16)26(28,29)30)33(11-12-37-25)24(35)31-19-7-5-18(27)6-8-19/h2-10,13-14H,11-12,15H2,1H3,(H,31,35). The number of hydrogen-bond donors (Lipinski definition) is 1. The lowest BCUT2D eigenvalue weighted by Crippen LogP contribution is -2.51. The largest absolute Gasteiger partial charge is 0.497 e. The van der Waals surface area contributed by atoms with Crippen LogP contribution in [0.25, 0.3) is 0 Å². The van der Waals surface area contributed by atoms with Gasteiger partial charge in [-0.3, -0.25) is 9.69 Å². The van der Waals surface area contributed by atoms with Gasteiger partial charge in [0.05, 0.1) is 24.9 Å². The Labute approximate surface area is 214 Å². The van der Waals surface area contributed by atoms with Crippen molar-refractivity contribution in [3.8, 4) is 5.75 Å². The Kier molecular flexibility index (Phi) is 6.26. The van der Waals surface area contributed by atoms with Crippen molar-refractivity contribution >= 4 is 35.1 Å². The van der Waals surface area contributed by atoms with Gasteiger partial charge in [0, 0.05) is 23.5 Å². The lowest BCUT2D eigenvalue weighted by atomic mass is 10.1. The molecule has 11 heteroatoms. The molecular formula is C26H21F4N3O3S. The van der Waals surface area contributed by atoms with Gasteiger partial charge in [0.2, 0.25) is 0 Å². The molecule has 0 radical (unpaired) electrons. The minimum absolute atomic E-state index is 0.113. The number of ether oxygens (including phenoxy) is 1. The first-order valence-electron chi connectivity index (χ1n) is 11.3. The Hall–Kier alpha value is -3.73. The molecule has 5 rings (SSSR count). The van der Waals surface area contributed by atoms with Gasteiger partial charge < -0.3 is 15.0 Å². The van der Waals surface area contributed by atoms with Gasteiger partial charge in [-0.05, 0) is 60.2 Å². The molecule has 1 unspecified atom stereocenters. The molecule has 3 aromatic rings. The summed E-state index contributed by atoms with van der Waals surface area (Å²) in [5.74, 6) is 0.0305. The Balaban J connectivity index is 1.53. The number of fused-ring (bicyclic) bond motifs is 2. The van der Waals surface area contributed by atoms with Crippen LogP contribution in [0.5, 0.6) is 5.75 Å². The summed E-state index contributed by atoms with van der Waals surface area (Å²) < 4.78 is 58.6. The minimum Gasteiger partial charge on any atom is -0.497 e. The molecule has 2 heterocycles. The first-order chi connectivity index (χ1) is 17.6. The summed E-state index contributed by atoms with van der Waals surface area (Å²) in [5.41, 5.74) is 0.845. The number of anilines is 2. The van der Waals surface area contributed by atoms with Crippen LogP contribution in [0.3, 0.4) is 0 Å². The summed E-state index contributed by atoms with van der Waals surface area (Å²) in [6, 6.07) is 14.5. The highest BCUT2D eigenvalue weighted by Gasteiger charge is 2.59. The van der Waals surface area contributed by atoms with Crippen molar-refractivity contribution in [1.29, 1.82) is 0 Å². The van der Waals surface area contributed by atoms with Gasteiger partial charge in [0.25, 0.3) is 5.91 Å². The minimum atomic E-state index is -4.52. The van der Waals surface area contributed by atoms with Gasteiger partial charge in [-0.25, -0.2) is 9.18 Å². The van der Waals surface area contributed by atoms with E-state index in [0.29, 0.717) is 34.0 Å². The summed E-state index contributed by atoms with van der Waals surface area (Å²) in [6.07, 6.45) is -4.52. The molecule has 3 amide bonds. The van der Waals surface area contributed by atoms with E-state index in [1.54, 1.807) is 18.2 Å². The quantitative estimate of drug-likeness (QED) is 0.430. The highest BCUT2D eigenvalue weighted by Crippen LogP contribution is 2.55. The van der Waals surface area contributed by atoms with E-state index < -0.39 is 34.4 Å². The molecular weight excluding hydrogens is 510 g/mol. The molecule has 1 spiro atoms. The molecule has 0 saturated carbocycles. The molecule has 0 aromatic heterocycles. The zero-order valence-corrected chi connectivity index (χ0v) is 20.3. The van der Waals surface area contributed by atoms with Crippen molar-refractivity contribution in [3.63, 3.8) is 0 Å². The number of hydrogen-bond acceptors (Lipinski definition) is 4. The SMILES string of the molecule is COc1ccc2c(c1)C1(SCCN1C(=O)Nc1ccc(F)cc1)C(=O)N2Cc1cccc(C(F)(F)F)c1. The number of carbonyl (C=O) groups is 2. The van der Waals surface area contributed by atoms with Crippen LogP contribution in [0.15, 0.2) is 66.7 Å². The molecule has 1 atom stereocenters. The van der Waals surface area contributed by atoms with Crippen LogP contribution >= 0.6 is 11.8 Å². The predicted octanol–water partition coefficient (Wildman–Crippen LogP) is 5.83. The Morgan fingerprint density at radius 1 is 1.11 bits per heavy atom. The smallest absolute Gasteiger partial charge is 0.416 e. The van der Waals surface area contributed by atoms with Gasteiger partial charge in [0.15, 0.2) is 4.87 Å². The topological polar surface area (TPSA) is 61.9 Å². The lowest BCUT2D eigenvalue weighted by Gasteiger charge is -2.33. The number of carbonyl (C=O) groups excluding carboxylic acids is 2. The van der Waals surface area contributed by atoms with Gasteiger partial charge >= 0.3 is 12.2 Å². The van der Waals surface area contributed by atoms with Crippen LogP contribution in [-0.4, -0.2) is 36.2 Å². The molecule has 192 valence electrons. The molecule has 2 aliphatic heterocycles. The van der Waals surface area contributed by atoms with Crippen LogP contribution in [0.4, 0.5) is 33.7 Å². The van der Waals surface area contributed by atoms with Crippen molar-refractivity contribution in [2.75, 3.05) is 29.6 Å². The van der Waals surface area contributed by atoms with Crippen LogP contribution in [0, 0.1) is 5.82 Å². The van der Waals surface area contributed by atoms with E-state index in [-0.39, 0.29) is 13.1 Å². The van der Waals surface area contributed by atoms with E-state index in [1.807, 2.05) is 0 Å². The second-order valence-electron chi connectivity index (χ2n) is 8.55. The maximum Gasteiger partial charge on any atom is 0.416 e. The Bertz CT molecular complexity index is 1370. The second-order valence-corrected chi connectivity index (χ2v) is 9.84. The number of alkyl halides is 3. The molecule has 2 aliphatic rings. The highest BCUT2D eigenvalue weighted by atomic mass is 32.2. The lowest BCUT2D eigenvalue weighted by molar-refractivity contribution is -0.137. The van der Waals surface area contributed by atoms with Crippen molar-refractivity contribution in [1.82, 2.24) is 4.90 Å². The third-order valence-electron chi connectivity index (χ3n) is 6.34. The number of nitrogens with one attached hydrogen (secondary N) is 1. The molecule has 0 bridgehead atoms. The highest BCUT2D eigenvalue weighted by molar-refractivity contribution is 8.01. The van der Waals surface area contributed by atoms with Gasteiger partial charge in [0.1, 0.15) is 11.6 Å². The molecule has 6 nitrogen and oxygen atoms in total. The van der Waals surface area contributed by atoms with E-state index in [0.717, 1.165) is 12.1 Å². The summed E-state index contributed by atoms with van der Waals surface area (Å²) in [4.78, 5) is 28.8. The van der Waals surface area contributed by atoms with E-state index in [2.05, 4.69) is 5.32 Å². The monoisotopic (exact) mass is 531 g/mol. The average molecular weight is 532 g/mol. The number of urea groups is 1. The number of nitrogens with zero attached hydrogens (tertiary/aromatic N) is 2. The second kappa shape index (κ2) is 9.29. The maximum atomic E-state index is 14.1. The maximum absolute atomic E-state index is 14.1. The van der Waals surface area contributed by atoms with Crippen molar-refractivity contribution < 1.29 is 31.9 Å². The van der Waals surface area contributed by atoms with Crippen molar-refractivity contribution in [2.24, 2.45) is 0 Å². The number of halogens is 4. The average Bonchev–Trinajstić information content (AvgIpc) is 3.42. The third kappa shape index (κ3) is 4.37. The summed E-state index contributed by atoms with van der Waals surface area (Å²) in [7, 11) is 1.48. The Morgan fingerprint density at radius 3 is 2.57 bits per heavy atom. The fourth-order valence-corrected chi connectivity index (χ4v) is 6.08. The number of thioether (sulfide) groups is 1. The molecule has 1 saturated heterocycles. The zero-order valence-electron chi connectivity index (χ0n) is 19.5. The number of methoxy groups -OCH3 is 1. The molecule has 1 N–H and O–H groups in total. The first kappa shape index (κ1) is 24.9. The Morgan fingerprint density at radius 2 is 1.86 bits per heavy atom. The van der Waals surface area contributed by atoms with E-state index >= 15 is 0 Å². The summed E-state index contributed by atoms with van der Waals surface area (Å²) >= 11 is 1.27. The van der Waals surface area contributed by atoms with E-state index in [1.165, 1.54) is 65.1 Å². The zero-order chi connectivity index (χ0) is 26.4. The number of amides is 3. The molecule has 37 heavy (non-hydrogen) atoms. The van der Waals surface area contributed by atoms with Crippen LogP contribution in [0.2, 0.25) is 0 Å². The summed E-state index contributed by atoms with van der Waals surface area (Å²) in [6.45, 7) is 0.134. The molecule has 1 fully saturated rings. The molecule has 3 aromatic carbocycles. The van der Waals surface area contributed by atoms with E-state index in [9.17, 15) is 27.2 Å². The van der Waals surface area contributed by atoms with Gasteiger partial charge in [-0.1, -0.05) is 12.1 Å². The number of benzene rings is 3. The van der Waals surface area contributed by atoms with Crippen molar-refractivity contribution in [2.45, 2.75) is 17.6 Å². The normalized spacial score (nSPS) is 18.9. The third-order valence-corrected chi connectivity index (χ3v) is 7.76. The fourth-order valence-electron chi connectivity index (χ4n) is 4.63. The molecule has 0 aliphatic carbocycles. The fraction of sp³-hybridized carbons (Fsp3) is 0.231. The van der Waals surface area contributed by atoms with Crippen LogP contribution < -0.4 is 15.0 Å². The van der Waals surface area contributed by atoms with Crippen molar-refractivity contribution in [3.05, 3.63) is 89.2 Å². The van der Waals surface area contributed by atoms with E-state index in [4.69, 9.17) is 4.74 Å². The van der Waals surface area contributed by atoms with Gasteiger partial charge in [-0.15, -0.1) is 11.8 Å². The van der Waals surface area contributed by atoms with Gasteiger partial charge in [-0.2, -0.15) is 13.2 Å².